The van der Waals surface area contributed by atoms with Gasteiger partial charge in [0.15, 0.2) is 0 Å². The molecule has 0 saturated heterocycles. The first-order chi connectivity index (χ1) is 5.66. The molecule has 4 heteroatoms. The summed E-state index contributed by atoms with van der Waals surface area (Å²) in [4.78, 5) is 9.90. The number of hydrogen-bond acceptors (Lipinski definition) is 2. The first-order valence-electron chi connectivity index (χ1n) is 3.39. The maximum absolute atomic E-state index is 13.2. The van der Waals surface area contributed by atoms with Gasteiger partial charge in [0.05, 0.1) is 3.57 Å². The second-order valence-corrected chi connectivity index (χ2v) is 3.54. The van der Waals surface area contributed by atoms with E-state index in [4.69, 9.17) is 0 Å². The van der Waals surface area contributed by atoms with Crippen molar-refractivity contribution < 1.29 is 4.39 Å². The molecule has 0 aliphatic carbocycles. The van der Waals surface area contributed by atoms with E-state index in [9.17, 15) is 9.30 Å². The van der Waals surface area contributed by atoms with Crippen LogP contribution in [0.3, 0.4) is 0 Å². The summed E-state index contributed by atoms with van der Waals surface area (Å²) in [5, 5.41) is 2.64. The van der Waals surface area contributed by atoms with Crippen LogP contribution in [-0.2, 0) is 6.54 Å². The third-order valence-corrected chi connectivity index (χ3v) is 2.91. The SMILES string of the molecule is Cc1ccc(CN=O)c(F)c1I. The Morgan fingerprint density at radius 3 is 2.83 bits per heavy atom. The highest BCUT2D eigenvalue weighted by atomic mass is 127. The van der Waals surface area contributed by atoms with Crippen LogP contribution in [0.2, 0.25) is 0 Å². The summed E-state index contributed by atoms with van der Waals surface area (Å²) in [6.07, 6.45) is 0. The van der Waals surface area contributed by atoms with Gasteiger partial charge >= 0.3 is 0 Å². The standard InChI is InChI=1S/C8H7FINO/c1-5-2-3-6(4-11-12)7(9)8(5)10/h2-3H,4H2,1H3. The Bertz CT molecular complexity index is 314. The van der Waals surface area contributed by atoms with E-state index in [0.29, 0.717) is 9.13 Å². The highest BCUT2D eigenvalue weighted by molar-refractivity contribution is 14.1. The molecule has 0 atom stereocenters. The zero-order valence-corrected chi connectivity index (χ0v) is 8.63. The molecule has 0 radical (unpaired) electrons. The number of rotatable bonds is 2. The van der Waals surface area contributed by atoms with Crippen LogP contribution in [0.5, 0.6) is 0 Å². The van der Waals surface area contributed by atoms with Crippen molar-refractivity contribution in [1.29, 1.82) is 0 Å². The van der Waals surface area contributed by atoms with Crippen molar-refractivity contribution in [3.8, 4) is 0 Å². The highest BCUT2D eigenvalue weighted by Crippen LogP contribution is 2.19. The van der Waals surface area contributed by atoms with Crippen LogP contribution in [0.1, 0.15) is 11.1 Å². The van der Waals surface area contributed by atoms with Gasteiger partial charge < -0.3 is 0 Å². The Labute approximate surface area is 83.3 Å². The Morgan fingerprint density at radius 1 is 1.58 bits per heavy atom. The maximum atomic E-state index is 13.2. The van der Waals surface area contributed by atoms with Crippen LogP contribution >= 0.6 is 22.6 Å². The molecule has 2 nitrogen and oxygen atoms in total. The molecule has 0 unspecified atom stereocenters. The fraction of sp³-hybridized carbons (Fsp3) is 0.250. The minimum absolute atomic E-state index is 0.0951. The summed E-state index contributed by atoms with van der Waals surface area (Å²) in [6.45, 7) is 1.73. The summed E-state index contributed by atoms with van der Waals surface area (Å²) in [6, 6.07) is 3.37. The topological polar surface area (TPSA) is 29.4 Å². The van der Waals surface area contributed by atoms with Gasteiger partial charge in [-0.1, -0.05) is 17.3 Å². The van der Waals surface area contributed by atoms with Crippen molar-refractivity contribution in [3.63, 3.8) is 0 Å². The number of nitrogens with zero attached hydrogens (tertiary/aromatic N) is 1. The molecule has 64 valence electrons. The molecule has 0 heterocycles. The number of hydrogen-bond donors (Lipinski definition) is 0. The Morgan fingerprint density at radius 2 is 2.25 bits per heavy atom. The summed E-state index contributed by atoms with van der Waals surface area (Å²) in [5.41, 5.74) is 1.24. The molecule has 0 saturated carbocycles. The molecule has 0 fully saturated rings. The van der Waals surface area contributed by atoms with Gasteiger partial charge in [-0.2, -0.15) is 4.91 Å². The molecular weight excluding hydrogens is 272 g/mol. The van der Waals surface area contributed by atoms with Gasteiger partial charge in [-0.3, -0.25) is 0 Å². The monoisotopic (exact) mass is 279 g/mol. The average molecular weight is 279 g/mol. The van der Waals surface area contributed by atoms with Crippen LogP contribution in [-0.4, -0.2) is 0 Å². The Hall–Kier alpha value is -0.520. The quantitative estimate of drug-likeness (QED) is 0.604. The first kappa shape index (κ1) is 9.57. The zero-order valence-electron chi connectivity index (χ0n) is 6.47. The van der Waals surface area contributed by atoms with Gasteiger partial charge in [0, 0.05) is 5.56 Å². The fourth-order valence-corrected chi connectivity index (χ4v) is 1.40. The van der Waals surface area contributed by atoms with E-state index in [1.54, 1.807) is 12.1 Å². The van der Waals surface area contributed by atoms with E-state index < -0.39 is 0 Å². The van der Waals surface area contributed by atoms with E-state index in [0.717, 1.165) is 5.56 Å². The summed E-state index contributed by atoms with van der Waals surface area (Å²) >= 11 is 1.92. The summed E-state index contributed by atoms with van der Waals surface area (Å²) in [7, 11) is 0. The second kappa shape index (κ2) is 3.93. The lowest BCUT2D eigenvalue weighted by Crippen LogP contribution is -1.94. The number of aryl methyl sites for hydroxylation is 1. The van der Waals surface area contributed by atoms with Gasteiger partial charge in [-0.05, 0) is 35.1 Å². The third kappa shape index (κ3) is 1.80. The molecule has 12 heavy (non-hydrogen) atoms. The van der Waals surface area contributed by atoms with Crippen molar-refractivity contribution in [3.05, 3.63) is 37.6 Å². The number of nitroso groups, excluding NO2 is 1. The highest BCUT2D eigenvalue weighted by Gasteiger charge is 2.07. The van der Waals surface area contributed by atoms with Crippen LogP contribution in [0.4, 0.5) is 4.39 Å². The average Bonchev–Trinajstić information content (AvgIpc) is 2.07. The Balaban J connectivity index is 3.16. The molecular formula is C8H7FINO. The number of halogens is 2. The Kier molecular flexibility index (Phi) is 3.13. The molecule has 0 spiro atoms. The first-order valence-corrected chi connectivity index (χ1v) is 4.47. The summed E-state index contributed by atoms with van der Waals surface area (Å²) in [5.74, 6) is -0.324. The van der Waals surface area contributed by atoms with Gasteiger partial charge in [-0.15, -0.1) is 0 Å². The lowest BCUT2D eigenvalue weighted by Gasteiger charge is -2.02. The molecule has 1 aromatic carbocycles. The van der Waals surface area contributed by atoms with E-state index in [1.165, 1.54) is 0 Å². The van der Waals surface area contributed by atoms with Gasteiger partial charge in [-0.25, -0.2) is 4.39 Å². The van der Waals surface area contributed by atoms with Crippen molar-refractivity contribution in [2.75, 3.05) is 0 Å². The van der Waals surface area contributed by atoms with E-state index >= 15 is 0 Å². The van der Waals surface area contributed by atoms with Gasteiger partial charge in [0.25, 0.3) is 0 Å². The lowest BCUT2D eigenvalue weighted by atomic mass is 10.1. The molecule has 0 bridgehead atoms. The molecule has 0 amide bonds. The van der Waals surface area contributed by atoms with Crippen LogP contribution in [0, 0.1) is 21.2 Å². The van der Waals surface area contributed by atoms with Crippen LogP contribution < -0.4 is 0 Å². The van der Waals surface area contributed by atoms with Crippen molar-refractivity contribution in [2.45, 2.75) is 13.5 Å². The summed E-state index contributed by atoms with van der Waals surface area (Å²) < 4.78 is 13.8. The second-order valence-electron chi connectivity index (χ2n) is 2.46. The molecule has 0 aromatic heterocycles. The van der Waals surface area contributed by atoms with E-state index in [-0.39, 0.29) is 12.4 Å². The van der Waals surface area contributed by atoms with E-state index in [1.807, 2.05) is 29.5 Å². The van der Waals surface area contributed by atoms with Crippen molar-refractivity contribution in [1.82, 2.24) is 0 Å². The minimum atomic E-state index is -0.324. The lowest BCUT2D eigenvalue weighted by molar-refractivity contribution is 0.601. The van der Waals surface area contributed by atoms with Crippen LogP contribution in [0.15, 0.2) is 17.3 Å². The van der Waals surface area contributed by atoms with E-state index in [2.05, 4.69) is 5.18 Å². The predicted octanol–water partition coefficient (Wildman–Crippen LogP) is 3.01. The van der Waals surface area contributed by atoms with Crippen molar-refractivity contribution in [2.24, 2.45) is 5.18 Å². The number of benzene rings is 1. The fourth-order valence-electron chi connectivity index (χ4n) is 0.878. The smallest absolute Gasteiger partial charge is 0.141 e. The largest absolute Gasteiger partial charge is 0.205 e. The van der Waals surface area contributed by atoms with Gasteiger partial charge in [0.1, 0.15) is 12.4 Å². The molecule has 1 aromatic rings. The molecule has 0 aliphatic rings. The molecule has 0 N–H and O–H groups in total. The maximum Gasteiger partial charge on any atom is 0.141 e. The normalized spacial score (nSPS) is 9.92. The predicted molar refractivity (Wildman–Crippen MR) is 53.4 cm³/mol. The van der Waals surface area contributed by atoms with Gasteiger partial charge in [0.2, 0.25) is 0 Å². The van der Waals surface area contributed by atoms with Crippen LogP contribution in [0.25, 0.3) is 0 Å². The molecule has 1 rings (SSSR count). The van der Waals surface area contributed by atoms with Crippen molar-refractivity contribution >= 4 is 22.6 Å². The zero-order chi connectivity index (χ0) is 9.14. The molecule has 0 aliphatic heterocycles. The third-order valence-electron chi connectivity index (χ3n) is 1.59. The minimum Gasteiger partial charge on any atom is -0.205 e.